The lowest BCUT2D eigenvalue weighted by Crippen LogP contribution is -2.65. The zero-order valence-electron chi connectivity index (χ0n) is 32.4. The largest absolute Gasteiger partial charge is 0.465 e. The first kappa shape index (κ1) is 40.5. The summed E-state index contributed by atoms with van der Waals surface area (Å²) in [6.45, 7) is 5.10. The lowest BCUT2D eigenvalue weighted by molar-refractivity contribution is -0.129. The molecule has 2 aromatic carbocycles. The molecule has 2 N–H and O–H groups in total. The molecule has 7 rings (SSSR count). The zero-order valence-corrected chi connectivity index (χ0v) is 33.2. The predicted molar refractivity (Wildman–Crippen MR) is 208 cm³/mol. The number of carbonyl (C=O) groups is 2. The molecular weight excluding hydrogens is 746 g/mol. The van der Waals surface area contributed by atoms with Gasteiger partial charge in [0.05, 0.1) is 18.0 Å². The Morgan fingerprint density at radius 2 is 1.61 bits per heavy atom. The number of piperidine rings is 1. The average molecular weight is 801 g/mol. The highest BCUT2D eigenvalue weighted by atomic mass is 32.2. The van der Waals surface area contributed by atoms with Crippen LogP contribution in [0.4, 0.5) is 23.7 Å². The number of likely N-dealkylation sites (N-methyl/N-ethyl adjacent to an activating group) is 1. The molecule has 5 fully saturated rings. The summed E-state index contributed by atoms with van der Waals surface area (Å²) in [5.41, 5.74) is -0.805. The van der Waals surface area contributed by atoms with Crippen LogP contribution in [-0.2, 0) is 20.0 Å². The molecule has 4 aliphatic heterocycles. The van der Waals surface area contributed by atoms with E-state index >= 15 is 4.39 Å². The molecular formula is C41H55F3N6O5S. The second-order valence-corrected chi connectivity index (χ2v) is 19.3. The first-order chi connectivity index (χ1) is 26.6. The fraction of sp³-hybridized carbons (Fsp3) is 0.610. The summed E-state index contributed by atoms with van der Waals surface area (Å²) in [7, 11) is 0.167. The molecule has 15 heteroatoms. The van der Waals surface area contributed by atoms with Gasteiger partial charge in [-0.2, -0.15) is 0 Å². The Bertz CT molecular complexity index is 1860. The summed E-state index contributed by atoms with van der Waals surface area (Å²) >= 11 is 0. The minimum absolute atomic E-state index is 0.0124. The van der Waals surface area contributed by atoms with Crippen LogP contribution in [0.15, 0.2) is 59.5 Å². The van der Waals surface area contributed by atoms with E-state index in [0.717, 1.165) is 44.1 Å². The maximum atomic E-state index is 16.2. The lowest BCUT2D eigenvalue weighted by Gasteiger charge is -2.54. The van der Waals surface area contributed by atoms with E-state index in [1.165, 1.54) is 23.1 Å². The minimum Gasteiger partial charge on any atom is -0.465 e. The number of hydrogen-bond donors (Lipinski definition) is 2. The molecule has 2 amide bonds. The third kappa shape index (κ3) is 8.46. The topological polar surface area (TPSA) is 117 Å². The fourth-order valence-electron chi connectivity index (χ4n) is 9.98. The number of nitrogens with one attached hydrogen (secondary N) is 1. The van der Waals surface area contributed by atoms with Crippen molar-refractivity contribution in [2.75, 3.05) is 91.0 Å². The molecule has 4 heterocycles. The van der Waals surface area contributed by atoms with Crippen LogP contribution >= 0.6 is 0 Å². The molecule has 0 bridgehead atoms. The molecule has 0 radical (unpaired) electrons. The predicted octanol–water partition coefficient (Wildman–Crippen LogP) is 4.39. The molecule has 5 aliphatic rings. The molecule has 3 atom stereocenters. The molecule has 1 unspecified atom stereocenters. The molecule has 0 spiro atoms. The van der Waals surface area contributed by atoms with Crippen molar-refractivity contribution in [1.82, 2.24) is 24.9 Å². The van der Waals surface area contributed by atoms with E-state index in [1.807, 2.05) is 23.9 Å². The van der Waals surface area contributed by atoms with E-state index in [-0.39, 0.29) is 61.4 Å². The van der Waals surface area contributed by atoms with Crippen molar-refractivity contribution in [2.24, 2.45) is 11.8 Å². The van der Waals surface area contributed by atoms with Crippen LogP contribution in [0.3, 0.4) is 0 Å². The van der Waals surface area contributed by atoms with Crippen LogP contribution < -0.4 is 10.2 Å². The average Bonchev–Trinajstić information content (AvgIpc) is 3.54. The highest BCUT2D eigenvalue weighted by molar-refractivity contribution is 7.92. The quantitative estimate of drug-likeness (QED) is 0.269. The zero-order chi connectivity index (χ0) is 39.8. The van der Waals surface area contributed by atoms with Gasteiger partial charge < -0.3 is 30.0 Å². The van der Waals surface area contributed by atoms with Crippen LogP contribution in [0, 0.1) is 23.5 Å². The van der Waals surface area contributed by atoms with Crippen LogP contribution in [0.5, 0.6) is 0 Å². The number of benzene rings is 2. The second-order valence-electron chi connectivity index (χ2n) is 17.0. The van der Waals surface area contributed by atoms with E-state index in [1.54, 1.807) is 30.3 Å². The number of sulfone groups is 1. The SMILES string of the molecule is CN(C)C/C=C/C(=O)N1CC(S(=O)(=O)c2ccc(N3CC(F)(CN4CCC(C(CN5CCC5)(c5cc(F)cc(F)c5)[C@H]5CCC[C@@H]5NC(=O)O)CC4)C3)cc2)C1. The molecule has 11 nitrogen and oxygen atoms in total. The minimum atomic E-state index is -3.63. The Hall–Kier alpha value is -3.66. The highest BCUT2D eigenvalue weighted by Crippen LogP contribution is 2.52. The molecule has 2 aromatic rings. The number of amides is 2. The Morgan fingerprint density at radius 1 is 0.946 bits per heavy atom. The number of rotatable bonds is 14. The Labute approximate surface area is 328 Å². The van der Waals surface area contributed by atoms with Gasteiger partial charge in [0.15, 0.2) is 15.5 Å². The molecule has 56 heavy (non-hydrogen) atoms. The highest BCUT2D eigenvalue weighted by Gasteiger charge is 2.54. The normalized spacial score (nSPS) is 24.8. The van der Waals surface area contributed by atoms with Gasteiger partial charge in [-0.3, -0.25) is 9.69 Å². The third-order valence-electron chi connectivity index (χ3n) is 13.0. The number of anilines is 1. The van der Waals surface area contributed by atoms with E-state index in [0.29, 0.717) is 51.0 Å². The van der Waals surface area contributed by atoms with E-state index < -0.39 is 43.9 Å². The van der Waals surface area contributed by atoms with Crippen molar-refractivity contribution in [3.05, 3.63) is 71.8 Å². The number of hydrogen-bond acceptors (Lipinski definition) is 8. The monoisotopic (exact) mass is 800 g/mol. The standard InChI is InChI=1S/C41H55F3N6O5S/c1-46(2)15-4-8-38(51)49-23-35(24-49)56(54,55)34-11-9-33(10-12-34)50-26-40(44,27-50)25-48-18-13-29(14-19-48)41(28-47-16-5-17-47,30-20-31(42)22-32(43)21-30)36-6-3-7-37(36)45-39(52)53/h4,8-12,20-22,29,35-37,45H,3,5-7,13-19,23-28H2,1-2H3,(H,52,53)/b8-4+/t36-,37-,41?/m0/s1. The molecule has 306 valence electrons. The number of carbonyl (C=O) groups excluding carboxylic acids is 1. The van der Waals surface area contributed by atoms with Gasteiger partial charge in [0.1, 0.15) is 16.9 Å². The summed E-state index contributed by atoms with van der Waals surface area (Å²) in [5, 5.41) is 11.8. The van der Waals surface area contributed by atoms with Gasteiger partial charge in [-0.25, -0.2) is 26.4 Å². The van der Waals surface area contributed by atoms with Crippen LogP contribution in [0.2, 0.25) is 0 Å². The number of halogens is 3. The van der Waals surface area contributed by atoms with Gasteiger partial charge in [-0.15, -0.1) is 0 Å². The Kier molecular flexibility index (Phi) is 11.8. The van der Waals surface area contributed by atoms with E-state index in [9.17, 15) is 31.9 Å². The van der Waals surface area contributed by atoms with Crippen molar-refractivity contribution in [2.45, 2.75) is 65.8 Å². The third-order valence-corrected chi connectivity index (χ3v) is 15.1. The van der Waals surface area contributed by atoms with Crippen LogP contribution in [0.1, 0.15) is 44.1 Å². The Morgan fingerprint density at radius 3 is 2.20 bits per heavy atom. The number of likely N-dealkylation sites (tertiary alicyclic amines) is 3. The van der Waals surface area contributed by atoms with Crippen molar-refractivity contribution >= 4 is 27.5 Å². The van der Waals surface area contributed by atoms with Gasteiger partial charge in [0, 0.05) is 62.0 Å². The maximum absolute atomic E-state index is 16.2. The van der Waals surface area contributed by atoms with Crippen LogP contribution in [0.25, 0.3) is 0 Å². The van der Waals surface area contributed by atoms with Gasteiger partial charge in [-0.1, -0.05) is 12.5 Å². The van der Waals surface area contributed by atoms with Crippen molar-refractivity contribution < 1.29 is 36.3 Å². The van der Waals surface area contributed by atoms with Gasteiger partial charge >= 0.3 is 6.09 Å². The number of carboxylic acid groups (broad SMARTS) is 1. The first-order valence-electron chi connectivity index (χ1n) is 19.9. The molecule has 0 aromatic heterocycles. The van der Waals surface area contributed by atoms with Crippen molar-refractivity contribution in [3.63, 3.8) is 0 Å². The van der Waals surface area contributed by atoms with Gasteiger partial charge in [0.25, 0.3) is 0 Å². The molecule has 4 saturated heterocycles. The summed E-state index contributed by atoms with van der Waals surface area (Å²) < 4.78 is 72.7. The molecule has 1 aliphatic carbocycles. The first-order valence-corrected chi connectivity index (χ1v) is 21.5. The van der Waals surface area contributed by atoms with E-state index in [4.69, 9.17) is 0 Å². The summed E-state index contributed by atoms with van der Waals surface area (Å²) in [4.78, 5) is 34.2. The maximum Gasteiger partial charge on any atom is 0.404 e. The fourth-order valence-corrected chi connectivity index (χ4v) is 11.6. The van der Waals surface area contributed by atoms with E-state index in [2.05, 4.69) is 15.1 Å². The lowest BCUT2D eigenvalue weighted by atomic mass is 9.57. The van der Waals surface area contributed by atoms with Gasteiger partial charge in [-0.05, 0) is 126 Å². The second kappa shape index (κ2) is 16.3. The van der Waals surface area contributed by atoms with Crippen molar-refractivity contribution in [1.29, 1.82) is 0 Å². The van der Waals surface area contributed by atoms with Crippen LogP contribution in [-0.4, -0.2) is 148 Å². The summed E-state index contributed by atoms with van der Waals surface area (Å²) in [6.07, 6.45) is 6.82. The Balaban J connectivity index is 0.972. The molecule has 1 saturated carbocycles. The number of nitrogens with zero attached hydrogens (tertiary/aromatic N) is 5. The summed E-state index contributed by atoms with van der Waals surface area (Å²) in [6, 6.07) is 10.0. The van der Waals surface area contributed by atoms with Gasteiger partial charge in [0.2, 0.25) is 5.91 Å². The smallest absolute Gasteiger partial charge is 0.404 e. The number of alkyl halides is 1. The van der Waals surface area contributed by atoms with Crippen molar-refractivity contribution in [3.8, 4) is 0 Å². The summed E-state index contributed by atoms with van der Waals surface area (Å²) in [5.74, 6) is -1.61.